The van der Waals surface area contributed by atoms with Crippen LogP contribution in [0.1, 0.15) is 31.2 Å². The van der Waals surface area contributed by atoms with E-state index < -0.39 is 0 Å². The summed E-state index contributed by atoms with van der Waals surface area (Å²) in [4.78, 5) is 6.73. The fourth-order valence-corrected chi connectivity index (χ4v) is 2.58. The highest BCUT2D eigenvalue weighted by Crippen LogP contribution is 2.13. The topological polar surface area (TPSA) is 50.9 Å². The molecule has 1 aliphatic heterocycles. The summed E-state index contributed by atoms with van der Waals surface area (Å²) in [5.74, 6) is 3.95. The van der Waals surface area contributed by atoms with E-state index in [0.717, 1.165) is 25.3 Å². The predicted molar refractivity (Wildman–Crippen MR) is 91.0 cm³/mol. The summed E-state index contributed by atoms with van der Waals surface area (Å²) >= 11 is 0. The van der Waals surface area contributed by atoms with Crippen LogP contribution in [-0.2, 0) is 6.42 Å². The molecule has 0 saturated carbocycles. The highest BCUT2D eigenvalue weighted by molar-refractivity contribution is 5.78. The Morgan fingerprint density at radius 1 is 1.18 bits per heavy atom. The molecule has 1 aromatic carbocycles. The second-order valence-corrected chi connectivity index (χ2v) is 5.53. The number of aliphatic imine (C=N–C) groups is 1. The van der Waals surface area contributed by atoms with Crippen molar-refractivity contribution in [2.45, 2.75) is 32.1 Å². The Bertz CT molecular complexity index is 508. The van der Waals surface area contributed by atoms with Gasteiger partial charge in [0.15, 0.2) is 5.96 Å². The Hall–Kier alpha value is -2.15. The Morgan fingerprint density at radius 2 is 1.86 bits per heavy atom. The molecule has 1 heterocycles. The second kappa shape index (κ2) is 8.99. The molecular weight excluding hydrogens is 274 g/mol. The van der Waals surface area contributed by atoms with Crippen LogP contribution in [0.25, 0.3) is 0 Å². The molecule has 0 aliphatic carbocycles. The van der Waals surface area contributed by atoms with Gasteiger partial charge in [0, 0.05) is 19.6 Å². The number of rotatable bonds is 5. The molecule has 118 valence electrons. The minimum atomic E-state index is 0.302. The van der Waals surface area contributed by atoms with Gasteiger partial charge < -0.3 is 15.4 Å². The molecule has 0 amide bonds. The van der Waals surface area contributed by atoms with Crippen molar-refractivity contribution in [2.75, 3.05) is 26.2 Å². The van der Waals surface area contributed by atoms with Gasteiger partial charge in [-0.2, -0.15) is 0 Å². The van der Waals surface area contributed by atoms with Gasteiger partial charge in [0.05, 0.1) is 0 Å². The van der Waals surface area contributed by atoms with Crippen molar-refractivity contribution in [3.63, 3.8) is 0 Å². The minimum absolute atomic E-state index is 0.302. The first-order valence-corrected chi connectivity index (χ1v) is 7.99. The van der Waals surface area contributed by atoms with E-state index in [-0.39, 0.29) is 0 Å². The zero-order valence-corrected chi connectivity index (χ0v) is 13.1. The van der Waals surface area contributed by atoms with Gasteiger partial charge >= 0.3 is 0 Å². The molecule has 2 rings (SSSR count). The van der Waals surface area contributed by atoms with Crippen LogP contribution in [0.2, 0.25) is 0 Å². The lowest BCUT2D eigenvalue weighted by atomic mass is 10.1. The zero-order chi connectivity index (χ0) is 15.6. The SMILES string of the molecule is C#CCOc1ccc(CCN=C(N)N2CCCCCC2)cc1. The van der Waals surface area contributed by atoms with Crippen molar-refractivity contribution in [3.05, 3.63) is 29.8 Å². The lowest BCUT2D eigenvalue weighted by Gasteiger charge is -2.21. The number of nitrogens with zero attached hydrogens (tertiary/aromatic N) is 2. The number of benzene rings is 1. The molecule has 1 fully saturated rings. The van der Waals surface area contributed by atoms with Gasteiger partial charge in [0.1, 0.15) is 12.4 Å². The van der Waals surface area contributed by atoms with Gasteiger partial charge in [0.2, 0.25) is 0 Å². The number of likely N-dealkylation sites (tertiary alicyclic amines) is 1. The summed E-state index contributed by atoms with van der Waals surface area (Å²) in [6.07, 6.45) is 11.1. The highest BCUT2D eigenvalue weighted by Gasteiger charge is 2.10. The molecule has 0 aromatic heterocycles. The van der Waals surface area contributed by atoms with Crippen molar-refractivity contribution >= 4 is 5.96 Å². The molecule has 0 radical (unpaired) electrons. The molecule has 2 N–H and O–H groups in total. The molecular formula is C18H25N3O. The Labute approximate surface area is 133 Å². The molecule has 1 saturated heterocycles. The Balaban J connectivity index is 1.79. The van der Waals surface area contributed by atoms with E-state index in [9.17, 15) is 0 Å². The first kappa shape index (κ1) is 16.2. The first-order valence-electron chi connectivity index (χ1n) is 7.99. The van der Waals surface area contributed by atoms with Crippen LogP contribution in [0, 0.1) is 12.3 Å². The van der Waals surface area contributed by atoms with Gasteiger partial charge in [-0.15, -0.1) is 6.42 Å². The van der Waals surface area contributed by atoms with E-state index in [2.05, 4.69) is 15.8 Å². The van der Waals surface area contributed by atoms with Crippen LogP contribution in [0.4, 0.5) is 0 Å². The molecule has 4 heteroatoms. The summed E-state index contributed by atoms with van der Waals surface area (Å²) in [6.45, 7) is 3.09. The molecule has 0 spiro atoms. The van der Waals surface area contributed by atoms with E-state index in [0.29, 0.717) is 19.1 Å². The zero-order valence-electron chi connectivity index (χ0n) is 13.1. The summed E-state index contributed by atoms with van der Waals surface area (Å²) in [6, 6.07) is 7.97. The molecule has 1 aliphatic rings. The molecule has 0 unspecified atom stereocenters. The van der Waals surface area contributed by atoms with Gasteiger partial charge in [-0.1, -0.05) is 30.9 Å². The maximum atomic E-state index is 6.10. The van der Waals surface area contributed by atoms with Crippen LogP contribution in [-0.4, -0.2) is 37.1 Å². The van der Waals surface area contributed by atoms with Crippen molar-refractivity contribution < 1.29 is 4.74 Å². The largest absolute Gasteiger partial charge is 0.481 e. The van der Waals surface area contributed by atoms with Crippen LogP contribution < -0.4 is 10.5 Å². The third-order valence-electron chi connectivity index (χ3n) is 3.85. The first-order chi connectivity index (χ1) is 10.8. The van der Waals surface area contributed by atoms with Crippen LogP contribution >= 0.6 is 0 Å². The summed E-state index contributed by atoms with van der Waals surface area (Å²) in [5.41, 5.74) is 7.32. The fourth-order valence-electron chi connectivity index (χ4n) is 2.58. The maximum absolute atomic E-state index is 6.10. The second-order valence-electron chi connectivity index (χ2n) is 5.53. The van der Waals surface area contributed by atoms with Crippen molar-refractivity contribution in [2.24, 2.45) is 10.7 Å². The van der Waals surface area contributed by atoms with Crippen molar-refractivity contribution in [3.8, 4) is 18.1 Å². The summed E-state index contributed by atoms with van der Waals surface area (Å²) < 4.78 is 5.35. The number of terminal acetylenes is 1. The van der Waals surface area contributed by atoms with Crippen molar-refractivity contribution in [1.82, 2.24) is 4.90 Å². The molecule has 0 atom stereocenters. The third-order valence-corrected chi connectivity index (χ3v) is 3.85. The number of guanidine groups is 1. The maximum Gasteiger partial charge on any atom is 0.191 e. The van der Waals surface area contributed by atoms with Gasteiger partial charge in [-0.25, -0.2) is 0 Å². The average molecular weight is 299 g/mol. The summed E-state index contributed by atoms with van der Waals surface area (Å²) in [5, 5.41) is 0. The minimum Gasteiger partial charge on any atom is -0.481 e. The third kappa shape index (κ3) is 5.33. The van der Waals surface area contributed by atoms with E-state index >= 15 is 0 Å². The van der Waals surface area contributed by atoms with E-state index in [1.807, 2.05) is 24.3 Å². The number of nitrogens with two attached hydrogens (primary N) is 1. The van der Waals surface area contributed by atoms with Crippen LogP contribution in [0.3, 0.4) is 0 Å². The van der Waals surface area contributed by atoms with Gasteiger partial charge in [0.25, 0.3) is 0 Å². The molecule has 1 aromatic rings. The van der Waals surface area contributed by atoms with Crippen LogP contribution in [0.15, 0.2) is 29.3 Å². The monoisotopic (exact) mass is 299 g/mol. The van der Waals surface area contributed by atoms with E-state index in [1.165, 1.54) is 31.2 Å². The quantitative estimate of drug-likeness (QED) is 0.516. The fraction of sp³-hybridized carbons (Fsp3) is 0.500. The molecule has 4 nitrogen and oxygen atoms in total. The average Bonchev–Trinajstić information content (AvgIpc) is 2.83. The van der Waals surface area contributed by atoms with E-state index in [1.54, 1.807) is 0 Å². The van der Waals surface area contributed by atoms with Gasteiger partial charge in [-0.3, -0.25) is 4.99 Å². The smallest absolute Gasteiger partial charge is 0.191 e. The number of hydrogen-bond acceptors (Lipinski definition) is 2. The molecule has 0 bridgehead atoms. The summed E-state index contributed by atoms with van der Waals surface area (Å²) in [7, 11) is 0. The van der Waals surface area contributed by atoms with E-state index in [4.69, 9.17) is 16.9 Å². The van der Waals surface area contributed by atoms with Crippen molar-refractivity contribution in [1.29, 1.82) is 0 Å². The highest BCUT2D eigenvalue weighted by atomic mass is 16.5. The normalized spacial score (nSPS) is 16.0. The van der Waals surface area contributed by atoms with Gasteiger partial charge in [-0.05, 0) is 37.0 Å². The van der Waals surface area contributed by atoms with Crippen LogP contribution in [0.5, 0.6) is 5.75 Å². The Morgan fingerprint density at radius 3 is 2.50 bits per heavy atom. The Kier molecular flexibility index (Phi) is 6.63. The number of hydrogen-bond donors (Lipinski definition) is 1. The molecule has 22 heavy (non-hydrogen) atoms. The standard InChI is InChI=1S/C18H25N3O/c1-2-15-22-17-9-7-16(8-10-17)11-12-20-18(19)21-13-5-3-4-6-14-21/h1,7-10H,3-6,11-15H2,(H2,19,20). The lowest BCUT2D eigenvalue weighted by Crippen LogP contribution is -2.38. The lowest BCUT2D eigenvalue weighted by molar-refractivity contribution is 0.370. The predicted octanol–water partition coefficient (Wildman–Crippen LogP) is 2.43. The number of ether oxygens (including phenoxy) is 1.